The van der Waals surface area contributed by atoms with Gasteiger partial charge in [0.25, 0.3) is 0 Å². The molecule has 19 heavy (non-hydrogen) atoms. The van der Waals surface area contributed by atoms with Crippen LogP contribution in [0.15, 0.2) is 48.5 Å². The van der Waals surface area contributed by atoms with E-state index in [0.29, 0.717) is 17.9 Å². The second kappa shape index (κ2) is 6.05. The minimum absolute atomic E-state index is 0.333. The summed E-state index contributed by atoms with van der Waals surface area (Å²) >= 11 is 0. The number of methoxy groups -OCH3 is 1. The summed E-state index contributed by atoms with van der Waals surface area (Å²) in [5, 5.41) is 0. The zero-order valence-corrected chi connectivity index (χ0v) is 11.1. The highest BCUT2D eigenvalue weighted by molar-refractivity contribution is 5.99. The van der Waals surface area contributed by atoms with Gasteiger partial charge in [-0.2, -0.15) is 0 Å². The molecule has 0 saturated heterocycles. The lowest BCUT2D eigenvalue weighted by Gasteiger charge is -2.13. The SMILES string of the molecule is CCOC(=O)c1cccc(OC)c1-c1ccccc1. The van der Waals surface area contributed by atoms with Crippen molar-refractivity contribution in [2.75, 3.05) is 13.7 Å². The van der Waals surface area contributed by atoms with Crippen molar-refractivity contribution in [1.29, 1.82) is 0 Å². The van der Waals surface area contributed by atoms with Crippen LogP contribution in [0.4, 0.5) is 0 Å². The van der Waals surface area contributed by atoms with Crippen molar-refractivity contribution in [3.8, 4) is 16.9 Å². The fourth-order valence-electron chi connectivity index (χ4n) is 1.98. The molecule has 2 rings (SSSR count). The van der Waals surface area contributed by atoms with E-state index in [0.717, 1.165) is 11.1 Å². The van der Waals surface area contributed by atoms with E-state index in [1.807, 2.05) is 36.4 Å². The van der Waals surface area contributed by atoms with Gasteiger partial charge in [-0.3, -0.25) is 0 Å². The lowest BCUT2D eigenvalue weighted by molar-refractivity contribution is 0.0527. The van der Waals surface area contributed by atoms with Gasteiger partial charge < -0.3 is 9.47 Å². The average molecular weight is 256 g/mol. The number of hydrogen-bond donors (Lipinski definition) is 0. The van der Waals surface area contributed by atoms with Gasteiger partial charge in [0.05, 0.1) is 19.3 Å². The molecule has 0 fully saturated rings. The maximum atomic E-state index is 12.0. The first-order valence-electron chi connectivity index (χ1n) is 6.17. The van der Waals surface area contributed by atoms with Crippen molar-refractivity contribution in [2.45, 2.75) is 6.92 Å². The minimum atomic E-state index is -0.333. The van der Waals surface area contributed by atoms with Crippen LogP contribution in [-0.4, -0.2) is 19.7 Å². The standard InChI is InChI=1S/C16H16O3/c1-3-19-16(17)13-10-7-11-14(18-2)15(13)12-8-5-4-6-9-12/h4-11H,3H2,1-2H3. The highest BCUT2D eigenvalue weighted by atomic mass is 16.5. The molecule has 0 N–H and O–H groups in total. The fourth-order valence-corrected chi connectivity index (χ4v) is 1.98. The van der Waals surface area contributed by atoms with Gasteiger partial charge in [0.1, 0.15) is 5.75 Å². The summed E-state index contributed by atoms with van der Waals surface area (Å²) in [6, 6.07) is 15.1. The van der Waals surface area contributed by atoms with Gasteiger partial charge in [0.15, 0.2) is 0 Å². The van der Waals surface area contributed by atoms with E-state index in [4.69, 9.17) is 9.47 Å². The lowest BCUT2D eigenvalue weighted by Crippen LogP contribution is -2.07. The summed E-state index contributed by atoms with van der Waals surface area (Å²) in [6.45, 7) is 2.14. The molecule has 0 amide bonds. The number of carbonyl (C=O) groups excluding carboxylic acids is 1. The minimum Gasteiger partial charge on any atom is -0.496 e. The van der Waals surface area contributed by atoms with Gasteiger partial charge in [-0.15, -0.1) is 0 Å². The van der Waals surface area contributed by atoms with E-state index < -0.39 is 0 Å². The van der Waals surface area contributed by atoms with Crippen molar-refractivity contribution in [3.05, 3.63) is 54.1 Å². The van der Waals surface area contributed by atoms with E-state index in [2.05, 4.69) is 0 Å². The Balaban J connectivity index is 2.59. The van der Waals surface area contributed by atoms with Gasteiger partial charge in [-0.05, 0) is 24.6 Å². The van der Waals surface area contributed by atoms with Crippen LogP contribution in [0.5, 0.6) is 5.75 Å². The van der Waals surface area contributed by atoms with E-state index in [1.54, 1.807) is 26.2 Å². The van der Waals surface area contributed by atoms with E-state index in [1.165, 1.54) is 0 Å². The Hall–Kier alpha value is -2.29. The zero-order valence-electron chi connectivity index (χ0n) is 11.1. The Bertz CT molecular complexity index is 561. The van der Waals surface area contributed by atoms with Crippen LogP contribution in [-0.2, 0) is 4.74 Å². The molecule has 0 bridgehead atoms. The number of ether oxygens (including phenoxy) is 2. The van der Waals surface area contributed by atoms with Crippen molar-refractivity contribution < 1.29 is 14.3 Å². The molecule has 0 aliphatic rings. The van der Waals surface area contributed by atoms with E-state index in [-0.39, 0.29) is 5.97 Å². The molecular weight excluding hydrogens is 240 g/mol. The Kier molecular flexibility index (Phi) is 4.18. The molecule has 0 saturated carbocycles. The number of benzene rings is 2. The molecule has 0 atom stereocenters. The summed E-state index contributed by atoms with van der Waals surface area (Å²) in [7, 11) is 1.59. The van der Waals surface area contributed by atoms with Gasteiger partial charge in [0.2, 0.25) is 0 Å². The number of rotatable bonds is 4. The van der Waals surface area contributed by atoms with Crippen molar-refractivity contribution in [3.63, 3.8) is 0 Å². The van der Waals surface area contributed by atoms with Crippen molar-refractivity contribution >= 4 is 5.97 Å². The van der Waals surface area contributed by atoms with Gasteiger partial charge in [0, 0.05) is 5.56 Å². The maximum absolute atomic E-state index is 12.0. The molecule has 2 aromatic rings. The fraction of sp³-hybridized carbons (Fsp3) is 0.188. The molecule has 98 valence electrons. The Morgan fingerprint density at radius 2 is 1.79 bits per heavy atom. The quantitative estimate of drug-likeness (QED) is 0.785. The third-order valence-electron chi connectivity index (χ3n) is 2.80. The van der Waals surface area contributed by atoms with Gasteiger partial charge in [-0.25, -0.2) is 4.79 Å². The Morgan fingerprint density at radius 1 is 1.05 bits per heavy atom. The molecule has 0 radical (unpaired) electrons. The van der Waals surface area contributed by atoms with Crippen LogP contribution in [0.1, 0.15) is 17.3 Å². The van der Waals surface area contributed by atoms with E-state index in [9.17, 15) is 4.79 Å². The summed E-state index contributed by atoms with van der Waals surface area (Å²) in [6.07, 6.45) is 0. The third-order valence-corrected chi connectivity index (χ3v) is 2.80. The molecule has 0 aliphatic heterocycles. The van der Waals surface area contributed by atoms with Crippen LogP contribution >= 0.6 is 0 Å². The van der Waals surface area contributed by atoms with Crippen LogP contribution in [0.2, 0.25) is 0 Å². The van der Waals surface area contributed by atoms with Gasteiger partial charge >= 0.3 is 5.97 Å². The van der Waals surface area contributed by atoms with Crippen molar-refractivity contribution in [1.82, 2.24) is 0 Å². The van der Waals surface area contributed by atoms with Crippen LogP contribution in [0, 0.1) is 0 Å². The summed E-state index contributed by atoms with van der Waals surface area (Å²) in [4.78, 5) is 12.0. The normalized spacial score (nSPS) is 10.0. The van der Waals surface area contributed by atoms with Crippen LogP contribution in [0.25, 0.3) is 11.1 Å². The molecule has 3 nitrogen and oxygen atoms in total. The maximum Gasteiger partial charge on any atom is 0.338 e. The van der Waals surface area contributed by atoms with Crippen molar-refractivity contribution in [2.24, 2.45) is 0 Å². The Labute approximate surface area is 112 Å². The summed E-state index contributed by atoms with van der Waals surface area (Å²) < 4.78 is 10.5. The summed E-state index contributed by atoms with van der Waals surface area (Å²) in [5.41, 5.74) is 2.22. The number of carbonyl (C=O) groups is 1. The highest BCUT2D eigenvalue weighted by Gasteiger charge is 2.17. The second-order valence-electron chi connectivity index (χ2n) is 3.97. The van der Waals surface area contributed by atoms with Crippen LogP contribution in [0.3, 0.4) is 0 Å². The molecule has 2 aromatic carbocycles. The molecule has 3 heteroatoms. The molecule has 0 aromatic heterocycles. The van der Waals surface area contributed by atoms with Gasteiger partial charge in [-0.1, -0.05) is 36.4 Å². The third kappa shape index (κ3) is 2.76. The lowest BCUT2D eigenvalue weighted by atomic mass is 9.98. The zero-order chi connectivity index (χ0) is 13.7. The number of hydrogen-bond acceptors (Lipinski definition) is 3. The topological polar surface area (TPSA) is 35.5 Å². The van der Waals surface area contributed by atoms with Crippen LogP contribution < -0.4 is 4.74 Å². The first kappa shape index (κ1) is 13.1. The highest BCUT2D eigenvalue weighted by Crippen LogP contribution is 2.33. The first-order chi connectivity index (χ1) is 9.27. The molecule has 0 unspecified atom stereocenters. The molecule has 0 spiro atoms. The summed E-state index contributed by atoms with van der Waals surface area (Å²) in [5.74, 6) is 0.331. The number of esters is 1. The second-order valence-corrected chi connectivity index (χ2v) is 3.97. The average Bonchev–Trinajstić information content (AvgIpc) is 2.47. The monoisotopic (exact) mass is 256 g/mol. The molecule has 0 heterocycles. The smallest absolute Gasteiger partial charge is 0.338 e. The predicted molar refractivity (Wildman–Crippen MR) is 74.4 cm³/mol. The van der Waals surface area contributed by atoms with E-state index >= 15 is 0 Å². The molecule has 0 aliphatic carbocycles. The Morgan fingerprint density at radius 3 is 2.42 bits per heavy atom. The predicted octanol–water partition coefficient (Wildman–Crippen LogP) is 3.54. The largest absolute Gasteiger partial charge is 0.496 e. The first-order valence-corrected chi connectivity index (χ1v) is 6.17. The molecular formula is C16H16O3.